The Balaban J connectivity index is 3.80. The maximum Gasteiger partial charge on any atom is 0.0594 e. The number of ether oxygens (including phenoxy) is 1. The van der Waals surface area contributed by atoms with Gasteiger partial charge in [-0.25, -0.2) is 0 Å². The standard InChI is InChI=1S/C8H18O/c1-6-8(3,4)7(2)9-5/h7H,6H2,1-5H3/t7-/m0/s1. The van der Waals surface area contributed by atoms with E-state index in [0.29, 0.717) is 11.5 Å². The SMILES string of the molecule is CCC(C)(C)[C@H](C)OC. The average Bonchev–Trinajstić information content (AvgIpc) is 1.86. The van der Waals surface area contributed by atoms with Gasteiger partial charge in [0.15, 0.2) is 0 Å². The van der Waals surface area contributed by atoms with Crippen molar-refractivity contribution in [1.29, 1.82) is 0 Å². The van der Waals surface area contributed by atoms with E-state index in [1.165, 1.54) is 6.42 Å². The first-order valence-corrected chi connectivity index (χ1v) is 3.57. The molecule has 0 amide bonds. The summed E-state index contributed by atoms with van der Waals surface area (Å²) >= 11 is 0. The van der Waals surface area contributed by atoms with Gasteiger partial charge in [0.25, 0.3) is 0 Å². The monoisotopic (exact) mass is 130 g/mol. The quantitative estimate of drug-likeness (QED) is 0.570. The molecule has 0 saturated heterocycles. The van der Waals surface area contributed by atoms with Crippen LogP contribution in [0.25, 0.3) is 0 Å². The summed E-state index contributed by atoms with van der Waals surface area (Å²) in [6.07, 6.45) is 1.53. The maximum atomic E-state index is 5.21. The van der Waals surface area contributed by atoms with Gasteiger partial charge in [-0.2, -0.15) is 0 Å². The predicted octanol–water partition coefficient (Wildman–Crippen LogP) is 2.46. The second-order valence-electron chi connectivity index (χ2n) is 3.22. The zero-order chi connectivity index (χ0) is 7.49. The minimum absolute atomic E-state index is 0.328. The van der Waals surface area contributed by atoms with Gasteiger partial charge in [-0.1, -0.05) is 20.8 Å². The lowest BCUT2D eigenvalue weighted by Gasteiger charge is -2.28. The summed E-state index contributed by atoms with van der Waals surface area (Å²) in [4.78, 5) is 0. The molecule has 0 aromatic rings. The van der Waals surface area contributed by atoms with Crippen molar-refractivity contribution in [2.75, 3.05) is 7.11 Å². The molecule has 0 unspecified atom stereocenters. The van der Waals surface area contributed by atoms with E-state index in [4.69, 9.17) is 4.74 Å². The fraction of sp³-hybridized carbons (Fsp3) is 1.00. The molecule has 0 aromatic carbocycles. The summed E-state index contributed by atoms with van der Waals surface area (Å²) in [7, 11) is 1.77. The predicted molar refractivity (Wildman–Crippen MR) is 40.5 cm³/mol. The van der Waals surface area contributed by atoms with E-state index >= 15 is 0 Å². The molecule has 0 rings (SSSR count). The minimum Gasteiger partial charge on any atom is -0.381 e. The third-order valence-corrected chi connectivity index (χ3v) is 2.37. The molecule has 1 nitrogen and oxygen atoms in total. The van der Waals surface area contributed by atoms with Crippen LogP contribution in [0.4, 0.5) is 0 Å². The molecule has 0 heterocycles. The van der Waals surface area contributed by atoms with Gasteiger partial charge in [0, 0.05) is 7.11 Å². The Labute approximate surface area is 58.4 Å². The van der Waals surface area contributed by atoms with Crippen LogP contribution in [0.1, 0.15) is 34.1 Å². The molecule has 1 heteroatoms. The Morgan fingerprint density at radius 2 is 1.89 bits per heavy atom. The number of hydrogen-bond donors (Lipinski definition) is 0. The Hall–Kier alpha value is -0.0400. The summed E-state index contributed by atoms with van der Waals surface area (Å²) in [6.45, 7) is 8.75. The molecule has 0 bridgehead atoms. The van der Waals surface area contributed by atoms with Crippen LogP contribution in [-0.2, 0) is 4.74 Å². The van der Waals surface area contributed by atoms with E-state index < -0.39 is 0 Å². The fourth-order valence-electron chi connectivity index (χ4n) is 0.606. The van der Waals surface area contributed by atoms with Crippen LogP contribution >= 0.6 is 0 Å². The van der Waals surface area contributed by atoms with Crippen molar-refractivity contribution in [3.05, 3.63) is 0 Å². The molecule has 0 fully saturated rings. The summed E-state index contributed by atoms with van der Waals surface area (Å²) in [5.41, 5.74) is 0.328. The molecule has 0 N–H and O–H groups in total. The first-order valence-electron chi connectivity index (χ1n) is 3.57. The highest BCUT2D eigenvalue weighted by atomic mass is 16.5. The van der Waals surface area contributed by atoms with Crippen LogP contribution in [0.15, 0.2) is 0 Å². The van der Waals surface area contributed by atoms with E-state index in [2.05, 4.69) is 27.7 Å². The molecular formula is C8H18O. The Morgan fingerprint density at radius 1 is 1.44 bits per heavy atom. The van der Waals surface area contributed by atoms with Crippen LogP contribution < -0.4 is 0 Å². The van der Waals surface area contributed by atoms with E-state index in [0.717, 1.165) is 0 Å². The van der Waals surface area contributed by atoms with E-state index in [9.17, 15) is 0 Å². The molecule has 1 atom stereocenters. The van der Waals surface area contributed by atoms with Crippen molar-refractivity contribution in [2.45, 2.75) is 40.2 Å². The molecule has 0 saturated carbocycles. The van der Waals surface area contributed by atoms with Crippen molar-refractivity contribution in [3.63, 3.8) is 0 Å². The highest BCUT2D eigenvalue weighted by molar-refractivity contribution is 4.72. The summed E-state index contributed by atoms with van der Waals surface area (Å²) in [5.74, 6) is 0. The second-order valence-corrected chi connectivity index (χ2v) is 3.22. The van der Waals surface area contributed by atoms with Crippen molar-refractivity contribution in [2.24, 2.45) is 5.41 Å². The van der Waals surface area contributed by atoms with Crippen LogP contribution in [0.5, 0.6) is 0 Å². The largest absolute Gasteiger partial charge is 0.381 e. The molecule has 0 aliphatic heterocycles. The topological polar surface area (TPSA) is 9.23 Å². The first kappa shape index (κ1) is 8.96. The van der Waals surface area contributed by atoms with Crippen molar-refractivity contribution < 1.29 is 4.74 Å². The minimum atomic E-state index is 0.328. The smallest absolute Gasteiger partial charge is 0.0594 e. The number of methoxy groups -OCH3 is 1. The van der Waals surface area contributed by atoms with Gasteiger partial charge >= 0.3 is 0 Å². The van der Waals surface area contributed by atoms with Gasteiger partial charge in [0.1, 0.15) is 0 Å². The maximum absolute atomic E-state index is 5.21. The van der Waals surface area contributed by atoms with Crippen molar-refractivity contribution in [1.82, 2.24) is 0 Å². The average molecular weight is 130 g/mol. The Morgan fingerprint density at radius 3 is 2.00 bits per heavy atom. The number of rotatable bonds is 3. The van der Waals surface area contributed by atoms with E-state index in [1.54, 1.807) is 7.11 Å². The Kier molecular flexibility index (Phi) is 3.20. The molecule has 0 radical (unpaired) electrons. The molecule has 0 aromatic heterocycles. The third kappa shape index (κ3) is 2.35. The fourth-order valence-corrected chi connectivity index (χ4v) is 0.606. The van der Waals surface area contributed by atoms with Gasteiger partial charge in [-0.3, -0.25) is 0 Å². The zero-order valence-electron chi connectivity index (χ0n) is 7.19. The Bertz CT molecular complexity index is 76.6. The molecular weight excluding hydrogens is 112 g/mol. The molecule has 0 aliphatic carbocycles. The summed E-state index contributed by atoms with van der Waals surface area (Å²) < 4.78 is 5.21. The lowest BCUT2D eigenvalue weighted by atomic mass is 9.85. The van der Waals surface area contributed by atoms with Crippen LogP contribution in [0.2, 0.25) is 0 Å². The highest BCUT2D eigenvalue weighted by Gasteiger charge is 2.22. The summed E-state index contributed by atoms with van der Waals surface area (Å²) in [5, 5.41) is 0. The molecule has 0 spiro atoms. The first-order chi connectivity index (χ1) is 4.04. The molecule has 9 heavy (non-hydrogen) atoms. The second kappa shape index (κ2) is 3.21. The van der Waals surface area contributed by atoms with Crippen molar-refractivity contribution >= 4 is 0 Å². The normalized spacial score (nSPS) is 15.7. The van der Waals surface area contributed by atoms with Gasteiger partial charge in [0.05, 0.1) is 6.10 Å². The van der Waals surface area contributed by atoms with Gasteiger partial charge in [-0.15, -0.1) is 0 Å². The van der Waals surface area contributed by atoms with E-state index in [-0.39, 0.29) is 0 Å². The highest BCUT2D eigenvalue weighted by Crippen LogP contribution is 2.25. The zero-order valence-corrected chi connectivity index (χ0v) is 7.19. The van der Waals surface area contributed by atoms with Crippen molar-refractivity contribution in [3.8, 4) is 0 Å². The van der Waals surface area contributed by atoms with Crippen LogP contribution in [-0.4, -0.2) is 13.2 Å². The molecule has 0 aliphatic rings. The van der Waals surface area contributed by atoms with Gasteiger partial charge in [0.2, 0.25) is 0 Å². The van der Waals surface area contributed by atoms with Gasteiger partial charge in [-0.05, 0) is 18.8 Å². The lowest BCUT2D eigenvalue weighted by Crippen LogP contribution is -2.27. The van der Waals surface area contributed by atoms with Gasteiger partial charge < -0.3 is 4.74 Å². The lowest BCUT2D eigenvalue weighted by molar-refractivity contribution is 0.0189. The molecule has 56 valence electrons. The van der Waals surface area contributed by atoms with Crippen LogP contribution in [0, 0.1) is 5.41 Å². The number of hydrogen-bond acceptors (Lipinski definition) is 1. The summed E-state index contributed by atoms with van der Waals surface area (Å²) in [6, 6.07) is 0. The van der Waals surface area contributed by atoms with E-state index in [1.807, 2.05) is 0 Å². The third-order valence-electron chi connectivity index (χ3n) is 2.37. The van der Waals surface area contributed by atoms with Crippen LogP contribution in [0.3, 0.4) is 0 Å².